The van der Waals surface area contributed by atoms with E-state index in [1.165, 1.54) is 12.1 Å². The minimum absolute atomic E-state index is 0.00385. The Morgan fingerprint density at radius 3 is 2.25 bits per heavy atom. The predicted molar refractivity (Wildman–Crippen MR) is 120 cm³/mol. The van der Waals surface area contributed by atoms with Crippen LogP contribution in [0.4, 0.5) is 10.1 Å². The van der Waals surface area contributed by atoms with Gasteiger partial charge in [0, 0.05) is 43.9 Å². The topological polar surface area (TPSA) is 58.4 Å². The van der Waals surface area contributed by atoms with Crippen molar-refractivity contribution in [1.82, 2.24) is 14.7 Å². The summed E-state index contributed by atoms with van der Waals surface area (Å²) in [6.07, 6.45) is 2.26. The molecule has 6 nitrogen and oxygen atoms in total. The fourth-order valence-corrected chi connectivity index (χ4v) is 4.67. The van der Waals surface area contributed by atoms with Crippen molar-refractivity contribution in [2.45, 2.75) is 26.2 Å². The van der Waals surface area contributed by atoms with Crippen LogP contribution in [0.15, 0.2) is 48.5 Å². The van der Waals surface area contributed by atoms with Gasteiger partial charge in [-0.05, 0) is 68.3 Å². The number of piperazine rings is 1. The Kier molecular flexibility index (Phi) is 5.25. The first-order valence-corrected chi connectivity index (χ1v) is 11.0. The molecule has 0 unspecified atom stereocenters. The van der Waals surface area contributed by atoms with Gasteiger partial charge in [-0.15, -0.1) is 0 Å². The third-order valence-corrected chi connectivity index (χ3v) is 6.37. The number of hydrogen-bond acceptors (Lipinski definition) is 4. The van der Waals surface area contributed by atoms with Gasteiger partial charge in [-0.2, -0.15) is 5.10 Å². The van der Waals surface area contributed by atoms with Gasteiger partial charge in [-0.3, -0.25) is 9.59 Å². The Labute approximate surface area is 186 Å². The zero-order valence-electron chi connectivity index (χ0n) is 18.1. The maximum Gasteiger partial charge on any atom is 0.253 e. The van der Waals surface area contributed by atoms with E-state index in [-0.39, 0.29) is 17.5 Å². The molecule has 0 atom stereocenters. The summed E-state index contributed by atoms with van der Waals surface area (Å²) >= 11 is 0. The molecule has 1 fully saturated rings. The molecule has 3 aromatic rings. The lowest BCUT2D eigenvalue weighted by atomic mass is 9.94. The zero-order valence-corrected chi connectivity index (χ0v) is 18.1. The number of Topliss-reactive ketones (excluding diaryl/α,β-unsaturated/α-hetero) is 1. The minimum Gasteiger partial charge on any atom is -0.368 e. The molecule has 0 saturated carbocycles. The summed E-state index contributed by atoms with van der Waals surface area (Å²) in [5.74, 6) is -0.0749. The second-order valence-corrected chi connectivity index (χ2v) is 8.40. The first kappa shape index (κ1) is 20.4. The monoisotopic (exact) mass is 432 g/mol. The number of carbonyl (C=O) groups excluding carboxylic acids is 2. The average Bonchev–Trinajstić information content (AvgIpc) is 3.17. The standard InChI is InChI=1S/C25H25FN4O2/c1-17-24-22(3-2-4-23(24)31)30(27-17)21-9-5-18(6-10-21)25(32)29-15-13-28(14-16-29)20-11-7-19(26)8-12-20/h5-12H,2-4,13-16H2,1H3. The number of aryl methyl sites for hydroxylation is 1. The minimum atomic E-state index is -0.247. The maximum absolute atomic E-state index is 13.2. The van der Waals surface area contributed by atoms with Gasteiger partial charge < -0.3 is 9.80 Å². The van der Waals surface area contributed by atoms with Gasteiger partial charge in [0.05, 0.1) is 22.6 Å². The van der Waals surface area contributed by atoms with E-state index in [1.54, 1.807) is 12.1 Å². The largest absolute Gasteiger partial charge is 0.368 e. The van der Waals surface area contributed by atoms with Crippen LogP contribution in [0.2, 0.25) is 0 Å². The van der Waals surface area contributed by atoms with Crippen molar-refractivity contribution in [2.24, 2.45) is 0 Å². The summed E-state index contributed by atoms with van der Waals surface area (Å²) in [4.78, 5) is 29.3. The fraction of sp³-hybridized carbons (Fsp3) is 0.320. The first-order valence-electron chi connectivity index (χ1n) is 11.0. The number of benzene rings is 2. The van der Waals surface area contributed by atoms with E-state index in [1.807, 2.05) is 40.8 Å². The Balaban J connectivity index is 1.28. The van der Waals surface area contributed by atoms with Gasteiger partial charge in [-0.1, -0.05) is 0 Å². The molecule has 2 aromatic carbocycles. The van der Waals surface area contributed by atoms with Gasteiger partial charge in [0.25, 0.3) is 5.91 Å². The summed E-state index contributed by atoms with van der Waals surface area (Å²) in [5.41, 5.74) is 4.97. The fourth-order valence-electron chi connectivity index (χ4n) is 4.67. The second kappa shape index (κ2) is 8.22. The molecular formula is C25H25FN4O2. The third-order valence-electron chi connectivity index (χ3n) is 6.37. The Morgan fingerprint density at radius 2 is 1.56 bits per heavy atom. The molecule has 5 rings (SSSR count). The smallest absolute Gasteiger partial charge is 0.253 e. The quantitative estimate of drug-likeness (QED) is 0.632. The van der Waals surface area contributed by atoms with Crippen molar-refractivity contribution in [3.63, 3.8) is 0 Å². The van der Waals surface area contributed by atoms with Crippen molar-refractivity contribution in [2.75, 3.05) is 31.1 Å². The van der Waals surface area contributed by atoms with Gasteiger partial charge in [0.15, 0.2) is 5.78 Å². The van der Waals surface area contributed by atoms with Crippen LogP contribution in [0.5, 0.6) is 0 Å². The molecule has 0 radical (unpaired) electrons. The Morgan fingerprint density at radius 1 is 0.906 bits per heavy atom. The molecule has 1 aliphatic carbocycles. The van der Waals surface area contributed by atoms with Crippen LogP contribution < -0.4 is 4.90 Å². The van der Waals surface area contributed by atoms with E-state index >= 15 is 0 Å². The van der Waals surface area contributed by atoms with Gasteiger partial charge in [0.1, 0.15) is 5.82 Å². The van der Waals surface area contributed by atoms with Crippen LogP contribution in [-0.2, 0) is 6.42 Å². The highest BCUT2D eigenvalue weighted by molar-refractivity contribution is 5.99. The summed E-state index contributed by atoms with van der Waals surface area (Å²) in [6.45, 7) is 4.53. The first-order chi connectivity index (χ1) is 15.5. The van der Waals surface area contributed by atoms with Crippen LogP contribution >= 0.6 is 0 Å². The number of amides is 1. The van der Waals surface area contributed by atoms with E-state index in [0.717, 1.165) is 41.2 Å². The van der Waals surface area contributed by atoms with E-state index < -0.39 is 0 Å². The number of rotatable bonds is 3. The molecule has 0 bridgehead atoms. The lowest BCUT2D eigenvalue weighted by Crippen LogP contribution is -2.48. The van der Waals surface area contributed by atoms with Crippen LogP contribution in [0.1, 0.15) is 44.9 Å². The van der Waals surface area contributed by atoms with Crippen molar-refractivity contribution in [3.05, 3.63) is 76.9 Å². The Hall–Kier alpha value is -3.48. The number of ketones is 1. The molecular weight excluding hydrogens is 407 g/mol. The lowest BCUT2D eigenvalue weighted by Gasteiger charge is -2.36. The van der Waals surface area contributed by atoms with Crippen molar-refractivity contribution in [3.8, 4) is 5.69 Å². The third kappa shape index (κ3) is 3.68. The number of hydrogen-bond donors (Lipinski definition) is 0. The van der Waals surface area contributed by atoms with Gasteiger partial charge in [0.2, 0.25) is 0 Å². The number of fused-ring (bicyclic) bond motifs is 1. The normalized spacial score (nSPS) is 16.2. The number of anilines is 1. The maximum atomic E-state index is 13.2. The molecule has 1 aliphatic heterocycles. The summed E-state index contributed by atoms with van der Waals surface area (Å²) in [6, 6.07) is 13.9. The molecule has 1 saturated heterocycles. The van der Waals surface area contributed by atoms with Crippen LogP contribution in [0.25, 0.3) is 5.69 Å². The van der Waals surface area contributed by atoms with E-state index in [9.17, 15) is 14.0 Å². The number of carbonyl (C=O) groups is 2. The van der Waals surface area contributed by atoms with Crippen molar-refractivity contribution < 1.29 is 14.0 Å². The van der Waals surface area contributed by atoms with Gasteiger partial charge >= 0.3 is 0 Å². The molecule has 0 spiro atoms. The molecule has 7 heteroatoms. The van der Waals surface area contributed by atoms with E-state index in [0.29, 0.717) is 38.2 Å². The van der Waals surface area contributed by atoms with Crippen molar-refractivity contribution in [1.29, 1.82) is 0 Å². The highest BCUT2D eigenvalue weighted by Crippen LogP contribution is 2.27. The Bertz CT molecular complexity index is 1160. The van der Waals surface area contributed by atoms with Crippen LogP contribution in [0.3, 0.4) is 0 Å². The average molecular weight is 432 g/mol. The molecule has 2 heterocycles. The summed E-state index contributed by atoms with van der Waals surface area (Å²) < 4.78 is 15.0. The number of halogens is 1. The highest BCUT2D eigenvalue weighted by atomic mass is 19.1. The second-order valence-electron chi connectivity index (χ2n) is 8.40. The van der Waals surface area contributed by atoms with E-state index in [4.69, 9.17) is 0 Å². The number of nitrogens with zero attached hydrogens (tertiary/aromatic N) is 4. The molecule has 32 heavy (non-hydrogen) atoms. The number of aromatic nitrogens is 2. The molecule has 164 valence electrons. The van der Waals surface area contributed by atoms with Crippen LogP contribution in [-0.4, -0.2) is 52.5 Å². The zero-order chi connectivity index (χ0) is 22.2. The van der Waals surface area contributed by atoms with Crippen LogP contribution in [0, 0.1) is 12.7 Å². The molecule has 2 aliphatic rings. The SMILES string of the molecule is Cc1nn(-c2ccc(C(=O)N3CCN(c4ccc(F)cc4)CC3)cc2)c2c1C(=O)CCC2. The molecule has 1 amide bonds. The summed E-state index contributed by atoms with van der Waals surface area (Å²) in [7, 11) is 0. The molecule has 1 aromatic heterocycles. The highest BCUT2D eigenvalue weighted by Gasteiger charge is 2.26. The molecule has 0 N–H and O–H groups in total. The predicted octanol–water partition coefficient (Wildman–Crippen LogP) is 3.80. The lowest BCUT2D eigenvalue weighted by molar-refractivity contribution is 0.0746. The van der Waals surface area contributed by atoms with E-state index in [2.05, 4.69) is 10.00 Å². The summed E-state index contributed by atoms with van der Waals surface area (Å²) in [5, 5.41) is 4.59. The van der Waals surface area contributed by atoms with Crippen molar-refractivity contribution >= 4 is 17.4 Å². The van der Waals surface area contributed by atoms with Gasteiger partial charge in [-0.25, -0.2) is 9.07 Å².